The maximum absolute atomic E-state index is 9.72. The molecule has 0 saturated carbocycles. The third kappa shape index (κ3) is 4.83. The highest BCUT2D eigenvalue weighted by molar-refractivity contribution is 5.85. The van der Waals surface area contributed by atoms with Crippen LogP contribution >= 0.6 is 12.4 Å². The zero-order valence-corrected chi connectivity index (χ0v) is 18.8. The minimum Gasteiger partial charge on any atom is -0.496 e. The fourth-order valence-electron chi connectivity index (χ4n) is 3.64. The molecule has 0 N–H and O–H groups in total. The van der Waals surface area contributed by atoms with E-state index in [4.69, 9.17) is 9.47 Å². The van der Waals surface area contributed by atoms with Gasteiger partial charge in [-0.05, 0) is 29.3 Å². The number of rotatable bonds is 7. The van der Waals surface area contributed by atoms with Gasteiger partial charge in [0.25, 0.3) is 0 Å². The molecule has 0 bridgehead atoms. The Morgan fingerprint density at radius 1 is 1.00 bits per heavy atom. The summed E-state index contributed by atoms with van der Waals surface area (Å²) in [7, 11) is 3.59. The van der Waals surface area contributed by atoms with Crippen LogP contribution in [-0.4, -0.2) is 16.7 Å². The van der Waals surface area contributed by atoms with Crippen LogP contribution in [0.1, 0.15) is 28.5 Å². The molecule has 0 aliphatic carbocycles. The fraction of sp³-hybridized carbons (Fsp3) is 0.154. The number of hydrogen-bond acceptors (Lipinski definition) is 4. The minimum atomic E-state index is -0.339. The Hall–Kier alpha value is -3.59. The molecule has 1 heterocycles. The van der Waals surface area contributed by atoms with Crippen LogP contribution in [0.2, 0.25) is 0 Å². The molecular weight excluding hydrogens is 422 g/mol. The van der Waals surface area contributed by atoms with Crippen LogP contribution in [0, 0.1) is 11.3 Å². The number of halogens is 1. The van der Waals surface area contributed by atoms with Gasteiger partial charge in [0.15, 0.2) is 0 Å². The highest BCUT2D eigenvalue weighted by Gasteiger charge is 2.21. The summed E-state index contributed by atoms with van der Waals surface area (Å²) in [5, 5.41) is 9.72. The first-order valence-electron chi connectivity index (χ1n) is 10.0. The first kappa shape index (κ1) is 23.1. The molecule has 162 valence electrons. The van der Waals surface area contributed by atoms with Crippen molar-refractivity contribution in [2.45, 2.75) is 12.7 Å². The maximum atomic E-state index is 9.72. The first-order valence-corrected chi connectivity index (χ1v) is 10.0. The highest BCUT2D eigenvalue weighted by Crippen LogP contribution is 2.36. The average molecular weight is 446 g/mol. The number of ether oxygens (including phenoxy) is 2. The van der Waals surface area contributed by atoms with Crippen molar-refractivity contribution >= 4 is 12.4 Å². The van der Waals surface area contributed by atoms with E-state index in [-0.39, 0.29) is 18.5 Å². The van der Waals surface area contributed by atoms with Crippen molar-refractivity contribution in [1.29, 1.82) is 5.26 Å². The first-order chi connectivity index (χ1) is 15.2. The summed E-state index contributed by atoms with van der Waals surface area (Å²) >= 11 is 0. The molecule has 0 saturated heterocycles. The van der Waals surface area contributed by atoms with E-state index in [1.807, 2.05) is 90.6 Å². The fourth-order valence-corrected chi connectivity index (χ4v) is 3.64. The van der Waals surface area contributed by atoms with E-state index in [1.165, 1.54) is 0 Å². The highest BCUT2D eigenvalue weighted by atomic mass is 35.5. The third-order valence-electron chi connectivity index (χ3n) is 5.25. The normalized spacial score (nSPS) is 11.3. The van der Waals surface area contributed by atoms with Crippen molar-refractivity contribution in [3.63, 3.8) is 0 Å². The Morgan fingerprint density at radius 3 is 2.44 bits per heavy atom. The summed E-state index contributed by atoms with van der Waals surface area (Å²) < 4.78 is 13.9. The van der Waals surface area contributed by atoms with Gasteiger partial charge in [-0.3, -0.25) is 0 Å². The van der Waals surface area contributed by atoms with E-state index < -0.39 is 0 Å². The lowest BCUT2D eigenvalue weighted by molar-refractivity contribution is 0.0622. The third-order valence-corrected chi connectivity index (χ3v) is 5.25. The van der Waals surface area contributed by atoms with Gasteiger partial charge >= 0.3 is 0 Å². The van der Waals surface area contributed by atoms with Gasteiger partial charge in [-0.2, -0.15) is 5.26 Å². The topological polar surface area (TPSA) is 60.1 Å². The molecule has 0 radical (unpaired) electrons. The van der Waals surface area contributed by atoms with Crippen LogP contribution in [0.25, 0.3) is 11.1 Å². The second-order valence-corrected chi connectivity index (χ2v) is 7.22. The average Bonchev–Trinajstić information content (AvgIpc) is 3.25. The van der Waals surface area contributed by atoms with E-state index in [0.717, 1.165) is 33.7 Å². The summed E-state index contributed by atoms with van der Waals surface area (Å²) in [5.41, 5.74) is 5.24. The molecule has 5 nitrogen and oxygen atoms in total. The smallest absolute Gasteiger partial charge is 0.126 e. The summed E-state index contributed by atoms with van der Waals surface area (Å²) in [5.74, 6) is 0.721. The minimum absolute atomic E-state index is 0. The molecule has 1 unspecified atom stereocenters. The van der Waals surface area contributed by atoms with E-state index >= 15 is 0 Å². The quantitative estimate of drug-likeness (QED) is 0.366. The molecule has 0 aliphatic rings. The summed E-state index contributed by atoms with van der Waals surface area (Å²) in [6.45, 7) is 0.459. The number of methoxy groups -OCH3 is 1. The van der Waals surface area contributed by atoms with Gasteiger partial charge in [0.2, 0.25) is 0 Å². The molecule has 32 heavy (non-hydrogen) atoms. The van der Waals surface area contributed by atoms with Crippen molar-refractivity contribution in [2.24, 2.45) is 7.05 Å². The van der Waals surface area contributed by atoms with Gasteiger partial charge in [0, 0.05) is 18.2 Å². The number of benzene rings is 3. The Kier molecular flexibility index (Phi) is 7.67. The van der Waals surface area contributed by atoms with E-state index in [1.54, 1.807) is 13.4 Å². The summed E-state index contributed by atoms with van der Waals surface area (Å²) in [6, 6.07) is 25.9. The van der Waals surface area contributed by atoms with Gasteiger partial charge in [0.05, 0.1) is 43.6 Å². The Bertz CT molecular complexity index is 1220. The van der Waals surface area contributed by atoms with Crippen LogP contribution in [0.15, 0.2) is 85.3 Å². The summed E-state index contributed by atoms with van der Waals surface area (Å²) in [6.07, 6.45) is 3.24. The molecule has 3 aromatic carbocycles. The number of nitriles is 1. The van der Waals surface area contributed by atoms with Crippen molar-refractivity contribution in [1.82, 2.24) is 9.55 Å². The van der Waals surface area contributed by atoms with Gasteiger partial charge in [-0.1, -0.05) is 54.6 Å². The largest absolute Gasteiger partial charge is 0.496 e. The number of para-hydroxylation sites is 1. The van der Waals surface area contributed by atoms with Gasteiger partial charge < -0.3 is 14.0 Å². The maximum Gasteiger partial charge on any atom is 0.126 e. The Morgan fingerprint density at radius 2 is 1.75 bits per heavy atom. The zero-order valence-electron chi connectivity index (χ0n) is 17.9. The number of imidazole rings is 1. The van der Waals surface area contributed by atoms with Gasteiger partial charge in [-0.25, -0.2) is 4.98 Å². The molecule has 1 aromatic heterocycles. The van der Waals surface area contributed by atoms with Crippen molar-refractivity contribution in [3.05, 3.63) is 108 Å². The molecular formula is C26H24ClN3O2. The lowest BCUT2D eigenvalue weighted by Gasteiger charge is -2.21. The number of aromatic nitrogens is 2. The van der Waals surface area contributed by atoms with Crippen LogP contribution in [0.4, 0.5) is 0 Å². The lowest BCUT2D eigenvalue weighted by atomic mass is 9.94. The van der Waals surface area contributed by atoms with Crippen LogP contribution in [-0.2, 0) is 18.4 Å². The number of aryl methyl sites for hydroxylation is 1. The van der Waals surface area contributed by atoms with Crippen LogP contribution in [0.3, 0.4) is 0 Å². The second kappa shape index (κ2) is 10.6. The van der Waals surface area contributed by atoms with Crippen LogP contribution in [0.5, 0.6) is 5.75 Å². The van der Waals surface area contributed by atoms with Crippen LogP contribution < -0.4 is 4.74 Å². The van der Waals surface area contributed by atoms with E-state index in [2.05, 4.69) is 11.1 Å². The molecule has 4 rings (SSSR count). The molecule has 0 amide bonds. The predicted molar refractivity (Wildman–Crippen MR) is 127 cm³/mol. The van der Waals surface area contributed by atoms with E-state index in [9.17, 15) is 5.26 Å². The summed E-state index contributed by atoms with van der Waals surface area (Å²) in [4.78, 5) is 4.28. The Balaban J connectivity index is 0.00000289. The second-order valence-electron chi connectivity index (χ2n) is 7.22. The monoisotopic (exact) mass is 445 g/mol. The standard InChI is InChI=1S/C26H23N3O2.ClH/c1-29-18-28-16-24(29)26(31-17-19-8-4-3-5-9-19)20-12-13-21(15-27)23(14-20)22-10-6-7-11-25(22)30-2;/h3-14,16,18,26H,17H2,1-2H3;1H. The van der Waals surface area contributed by atoms with Gasteiger partial charge in [0.1, 0.15) is 11.9 Å². The van der Waals surface area contributed by atoms with E-state index in [0.29, 0.717) is 12.2 Å². The number of hydrogen-bond donors (Lipinski definition) is 0. The number of nitrogens with zero attached hydrogens (tertiary/aromatic N) is 3. The molecule has 1 atom stereocenters. The van der Waals surface area contributed by atoms with Crippen molar-refractivity contribution in [2.75, 3.05) is 7.11 Å². The SMILES string of the molecule is COc1ccccc1-c1cc(C(OCc2ccccc2)c2cncn2C)ccc1C#N.Cl. The Labute approximate surface area is 194 Å². The molecule has 6 heteroatoms. The predicted octanol–water partition coefficient (Wildman–Crippen LogP) is 5.70. The molecule has 4 aromatic rings. The van der Waals surface area contributed by atoms with Crippen molar-refractivity contribution in [3.8, 4) is 22.9 Å². The zero-order chi connectivity index (χ0) is 21.6. The van der Waals surface area contributed by atoms with Crippen molar-refractivity contribution < 1.29 is 9.47 Å². The molecule has 0 fully saturated rings. The molecule has 0 aliphatic heterocycles. The molecule has 0 spiro atoms. The van der Waals surface area contributed by atoms with Gasteiger partial charge in [-0.15, -0.1) is 12.4 Å². The lowest BCUT2D eigenvalue weighted by Crippen LogP contribution is -2.11.